The molecule has 0 radical (unpaired) electrons. The lowest BCUT2D eigenvalue weighted by molar-refractivity contribution is -0.379. The van der Waals surface area contributed by atoms with Crippen LogP contribution in [0.5, 0.6) is 5.75 Å². The zero-order chi connectivity index (χ0) is 85.2. The molecule has 0 unspecified atom stereocenters. The number of ether oxygens (including phenoxy) is 16. The van der Waals surface area contributed by atoms with E-state index < -0.39 is 127 Å². The molecule has 22 nitrogen and oxygen atoms in total. The fourth-order valence-corrected chi connectivity index (χ4v) is 15.2. The molecule has 3 aliphatic rings. The normalized spacial score (nSPS) is 22.7. The van der Waals surface area contributed by atoms with Crippen molar-refractivity contribution < 1.29 is 95.3 Å². The Bertz CT molecular complexity index is 4690. The third kappa shape index (κ3) is 28.2. The molecule has 13 rings (SSSR count). The minimum Gasteiger partial charge on any atom is -0.497 e. The van der Waals surface area contributed by atoms with Crippen LogP contribution in [0.2, 0.25) is 0 Å². The van der Waals surface area contributed by atoms with Crippen molar-refractivity contribution in [1.82, 2.24) is 10.2 Å². The first-order chi connectivity index (χ1) is 60.3. The number of hydrogen-bond donors (Lipinski definition) is 2. The minimum atomic E-state index is -2.06. The van der Waals surface area contributed by atoms with E-state index in [2.05, 4.69) is 5.32 Å². The highest BCUT2D eigenvalue weighted by atomic mass is 35.6. The first-order valence-corrected chi connectivity index (χ1v) is 42.6. The van der Waals surface area contributed by atoms with Crippen LogP contribution in [0.15, 0.2) is 297 Å². The lowest BCUT2D eigenvalue weighted by Crippen LogP contribution is -2.70. The molecule has 10 aromatic rings. The number of rotatable bonds is 43. The lowest BCUT2D eigenvalue weighted by Gasteiger charge is -2.52. The number of nitrogens with zero attached hydrogens (tertiary/aromatic N) is 1. The number of methoxy groups -OCH3 is 1. The van der Waals surface area contributed by atoms with E-state index in [1.165, 1.54) is 0 Å². The number of esters is 1. The fraction of sp³-hybridized carbons (Fsp3) is 0.357. The number of carbonyl (C=O) groups excluding carboxylic acids is 3. The number of aliphatic hydroxyl groups excluding tert-OH is 1. The zero-order valence-corrected chi connectivity index (χ0v) is 70.7. The summed E-state index contributed by atoms with van der Waals surface area (Å²) >= 11 is 18.9. The molecule has 123 heavy (non-hydrogen) atoms. The van der Waals surface area contributed by atoms with Gasteiger partial charge in [0.2, 0.25) is 3.79 Å². The third-order valence-corrected chi connectivity index (χ3v) is 21.6. The largest absolute Gasteiger partial charge is 0.497 e. The van der Waals surface area contributed by atoms with Crippen molar-refractivity contribution in [3.8, 4) is 5.75 Å². The van der Waals surface area contributed by atoms with Crippen LogP contribution in [0.3, 0.4) is 0 Å². The Hall–Kier alpha value is -9.64. The fourth-order valence-electron chi connectivity index (χ4n) is 15.0. The molecule has 3 aliphatic heterocycles. The van der Waals surface area contributed by atoms with Gasteiger partial charge in [0, 0.05) is 25.6 Å². The van der Waals surface area contributed by atoms with Crippen LogP contribution in [-0.4, -0.2) is 165 Å². The maximum Gasteiger partial charge on any atom is 0.410 e. The monoisotopic (exact) mass is 1730 g/mol. The van der Waals surface area contributed by atoms with E-state index in [4.69, 9.17) is 111 Å². The molecule has 2 N–H and O–H groups in total. The summed E-state index contributed by atoms with van der Waals surface area (Å²) in [4.78, 5) is 46.1. The number of alkyl carbamates (subject to hydrolysis) is 1. The Kier molecular flexibility index (Phi) is 35.5. The number of hydrogen-bond acceptors (Lipinski definition) is 20. The highest BCUT2D eigenvalue weighted by molar-refractivity contribution is 6.67. The second kappa shape index (κ2) is 48.0. The summed E-state index contributed by atoms with van der Waals surface area (Å²) in [5.41, 5.74) is 7.70. The lowest BCUT2D eigenvalue weighted by atomic mass is 9.85. The quantitative estimate of drug-likeness (QED) is 0.0156. The van der Waals surface area contributed by atoms with E-state index in [-0.39, 0.29) is 71.6 Å². The number of nitrogens with one attached hydrogen (secondary N) is 1. The van der Waals surface area contributed by atoms with Crippen molar-refractivity contribution >= 4 is 53.0 Å². The van der Waals surface area contributed by atoms with Gasteiger partial charge in [-0.05, 0) is 100 Å². The number of halogens is 3. The van der Waals surface area contributed by atoms with Crippen molar-refractivity contribution in [2.45, 2.75) is 168 Å². The average molecular weight is 1740 g/mol. The van der Waals surface area contributed by atoms with Crippen LogP contribution in [0.25, 0.3) is 0 Å². The van der Waals surface area contributed by atoms with E-state index in [1.54, 1.807) is 54.5 Å². The molecule has 3 fully saturated rings. The van der Waals surface area contributed by atoms with Gasteiger partial charge in [0.05, 0.1) is 78.2 Å². The number of amides is 2. The smallest absolute Gasteiger partial charge is 0.410 e. The maximum atomic E-state index is 15.7. The van der Waals surface area contributed by atoms with Gasteiger partial charge in [-0.2, -0.15) is 0 Å². The topological polar surface area (TPSA) is 234 Å². The number of aliphatic hydroxyl groups is 1. The summed E-state index contributed by atoms with van der Waals surface area (Å²) in [7, 11) is 1.56. The van der Waals surface area contributed by atoms with Crippen LogP contribution in [0, 0.1) is 5.92 Å². The average Bonchev–Trinajstić information content (AvgIpc) is 0.756. The first-order valence-electron chi connectivity index (χ1n) is 41.5. The highest BCUT2D eigenvalue weighted by Crippen LogP contribution is 2.41. The van der Waals surface area contributed by atoms with Gasteiger partial charge in [-0.3, -0.25) is 0 Å². The Labute approximate surface area is 733 Å². The minimum absolute atomic E-state index is 0.00943. The summed E-state index contributed by atoms with van der Waals surface area (Å²) < 4.78 is 109. The number of benzene rings is 10. The Morgan fingerprint density at radius 1 is 0.407 bits per heavy atom. The van der Waals surface area contributed by atoms with Crippen molar-refractivity contribution in [1.29, 1.82) is 0 Å². The van der Waals surface area contributed by atoms with Gasteiger partial charge in [-0.25, -0.2) is 14.4 Å². The molecule has 2 amide bonds. The van der Waals surface area contributed by atoms with Gasteiger partial charge in [0.15, 0.2) is 25.0 Å². The Morgan fingerprint density at radius 2 is 0.829 bits per heavy atom. The van der Waals surface area contributed by atoms with Gasteiger partial charge in [0.25, 0.3) is 0 Å². The van der Waals surface area contributed by atoms with Crippen LogP contribution in [0.4, 0.5) is 9.59 Å². The summed E-state index contributed by atoms with van der Waals surface area (Å²) in [5, 5.41) is 14.8. The molecule has 0 aromatic heterocycles. The Balaban J connectivity index is 0.911. The summed E-state index contributed by atoms with van der Waals surface area (Å²) in [6, 6.07) is 91.5. The van der Waals surface area contributed by atoms with Crippen LogP contribution in [0.1, 0.15) is 79.7 Å². The van der Waals surface area contributed by atoms with Gasteiger partial charge in [-0.1, -0.05) is 308 Å². The predicted molar refractivity (Wildman–Crippen MR) is 463 cm³/mol. The highest BCUT2D eigenvalue weighted by Gasteiger charge is 2.58. The number of unbranched alkanes of at least 4 members (excludes halogenated alkanes) is 2. The van der Waals surface area contributed by atoms with E-state index in [1.807, 2.05) is 255 Å². The summed E-state index contributed by atoms with van der Waals surface area (Å²) in [6.07, 6.45) is -16.6. The SMILES string of the molecule is COc1ccc(CO[C@@H]2[C@@H](NC(=O)OCC(Cl)(Cl)Cl)[C@H](O[C@H]3[C@@H](OCc4ccccc4)[C@@H](COCc4ccccc4)O[C@@H](O[C@H]4[C@H](OCc5ccccc5)[C@@H](Cc5ccccc5)[C@H](OCCCCCN(Cc5ccccc5)C(=O)OCc5ccccc5)O[C@@H]4COCc4ccccc4)[C@@H]3OC(=O)c3ccccc3)O[C@H](CO)[C@H]2OCc2ccccc2)cc1. The van der Waals surface area contributed by atoms with Gasteiger partial charge in [0.1, 0.15) is 73.8 Å². The van der Waals surface area contributed by atoms with Gasteiger partial charge < -0.3 is 91.1 Å². The van der Waals surface area contributed by atoms with Crippen molar-refractivity contribution in [3.05, 3.63) is 353 Å². The molecule has 25 heteroatoms. The first kappa shape index (κ1) is 91.1. The molecule has 0 saturated carbocycles. The van der Waals surface area contributed by atoms with E-state index in [0.717, 1.165) is 44.5 Å². The van der Waals surface area contributed by atoms with Crippen molar-refractivity contribution in [2.75, 3.05) is 46.7 Å². The van der Waals surface area contributed by atoms with Crippen molar-refractivity contribution in [2.24, 2.45) is 5.92 Å². The van der Waals surface area contributed by atoms with Crippen molar-refractivity contribution in [3.63, 3.8) is 0 Å². The maximum absolute atomic E-state index is 15.7. The molecule has 3 heterocycles. The molecule has 3 saturated heterocycles. The zero-order valence-electron chi connectivity index (χ0n) is 68.5. The van der Waals surface area contributed by atoms with E-state index >= 15 is 4.79 Å². The summed E-state index contributed by atoms with van der Waals surface area (Å²) in [6.45, 7) is -0.416. The van der Waals surface area contributed by atoms with Crippen LogP contribution < -0.4 is 10.1 Å². The number of carbonyl (C=O) groups is 3. The molecule has 0 aliphatic carbocycles. The molecular formula is C98H105Cl3N2O20. The molecule has 0 spiro atoms. The van der Waals surface area contributed by atoms with Crippen LogP contribution >= 0.6 is 34.8 Å². The molecule has 15 atom stereocenters. The molecule has 0 bridgehead atoms. The summed E-state index contributed by atoms with van der Waals surface area (Å²) in [5.74, 6) is -0.909. The second-order valence-corrected chi connectivity index (χ2v) is 32.8. The standard InChI is InChI=1S/C98H105Cl3N2O20/c1-108-79-52-50-77(51-53-79)64-115-89-84(102-96(106)117-68-98(99,100)101)94(118-81(58-104)86(89)113-62-74-42-22-7-23-43-74)123-90-87(114-63-75-44-24-8-25-45-75)82(66-109-59-71-36-16-4-17-37-71)120-95(91(90)121-92(105)78-48-28-10-29-49-78)122-88-83(67-110-60-72-38-18-5-19-39-72)119-93(80(56-69-32-12-2-13-33-69)85(88)112-61-73-40-20-6-21-41-73)111-55-31-11-30-54-103(57-70-34-14-3-15-35-70)97(107)116-65-76-46-26-9-27-47-76/h2-10,12-29,32-53,80-91,93-95,104H,11,30-31,54-68H2,1H3,(H,102,106)/t80-,81-,82-,83-,84-,85-,86-,87+,88-,89-,90+,91-,93-,94+,95+/m1/s1. The van der Waals surface area contributed by atoms with Gasteiger partial charge >= 0.3 is 18.2 Å². The van der Waals surface area contributed by atoms with E-state index in [0.29, 0.717) is 50.1 Å². The van der Waals surface area contributed by atoms with Gasteiger partial charge in [-0.15, -0.1) is 0 Å². The number of alkyl halides is 3. The Morgan fingerprint density at radius 3 is 1.33 bits per heavy atom. The second-order valence-electron chi connectivity index (χ2n) is 30.3. The molecule has 10 aromatic carbocycles. The molecule has 648 valence electrons. The van der Waals surface area contributed by atoms with E-state index in [9.17, 15) is 14.7 Å². The van der Waals surface area contributed by atoms with Crippen LogP contribution in [-0.2, 0) is 130 Å². The molecular weight excluding hydrogens is 1630 g/mol. The predicted octanol–water partition coefficient (Wildman–Crippen LogP) is 17.3. The third-order valence-electron chi connectivity index (χ3n) is 21.3.